The Morgan fingerprint density at radius 3 is 2.81 bits per heavy atom. The Kier molecular flexibility index (Phi) is 5.22. The molecular weight excluding hydrogens is 494 g/mol. The Hall–Kier alpha value is -2.11. The van der Waals surface area contributed by atoms with Crippen LogP contribution in [0.3, 0.4) is 0 Å². The number of anilines is 1. The monoisotopic (exact) mass is 512 g/mol. The van der Waals surface area contributed by atoms with Crippen LogP contribution in [0, 0.1) is 6.92 Å². The average molecular weight is 513 g/mol. The van der Waals surface area contributed by atoms with Crippen LogP contribution < -0.4 is 14.4 Å². The second-order valence-electron chi connectivity index (χ2n) is 7.56. The number of aromatic amines is 1. The third-order valence-corrected chi connectivity index (χ3v) is 7.24. The van der Waals surface area contributed by atoms with E-state index in [4.69, 9.17) is 0 Å². The number of nitrogens with one attached hydrogen (secondary N) is 1. The maximum absolute atomic E-state index is 13.4. The van der Waals surface area contributed by atoms with E-state index in [1.807, 2.05) is 6.92 Å². The van der Waals surface area contributed by atoms with Crippen LogP contribution in [0.25, 0.3) is 11.0 Å². The lowest BCUT2D eigenvalue weighted by Gasteiger charge is -2.31. The van der Waals surface area contributed by atoms with Crippen molar-refractivity contribution in [2.45, 2.75) is 43.4 Å². The first-order chi connectivity index (χ1) is 14.8. The quantitative estimate of drug-likeness (QED) is 0.512. The molecule has 4 heterocycles. The summed E-state index contributed by atoms with van der Waals surface area (Å²) < 4.78 is 49.9. The van der Waals surface area contributed by atoms with Gasteiger partial charge in [-0.2, -0.15) is 4.98 Å². The Labute approximate surface area is 188 Å². The molecule has 1 unspecified atom stereocenters. The van der Waals surface area contributed by atoms with E-state index in [0.29, 0.717) is 11.2 Å². The summed E-state index contributed by atoms with van der Waals surface area (Å²) >= 11 is 2.04. The van der Waals surface area contributed by atoms with Gasteiger partial charge in [0.25, 0.3) is 0 Å². The molecule has 1 saturated heterocycles. The molecule has 3 aromatic rings. The number of fused-ring (bicyclic) bond motifs is 3. The summed E-state index contributed by atoms with van der Waals surface area (Å²) in [7, 11) is 0. The van der Waals surface area contributed by atoms with Gasteiger partial charge in [-0.15, -0.1) is 8.78 Å². The molecule has 0 bridgehead atoms. The number of aromatic nitrogens is 3. The molecule has 1 N–H and O–H groups in total. The number of rotatable bonds is 4. The first-order valence-corrected chi connectivity index (χ1v) is 12.0. The third kappa shape index (κ3) is 3.83. The van der Waals surface area contributed by atoms with E-state index >= 15 is 0 Å². The topological polar surface area (TPSA) is 86.3 Å². The van der Waals surface area contributed by atoms with E-state index in [-0.39, 0.29) is 27.9 Å². The molecule has 1 fully saturated rings. The maximum Gasteiger partial charge on any atom is 0.586 e. The molecule has 0 spiro atoms. The van der Waals surface area contributed by atoms with Gasteiger partial charge in [0.2, 0.25) is 5.75 Å². The third-order valence-electron chi connectivity index (χ3n) is 5.50. The fraction of sp³-hybridized carbons (Fsp3) is 0.400. The van der Waals surface area contributed by atoms with Gasteiger partial charge in [0.05, 0.1) is 21.4 Å². The highest BCUT2D eigenvalue weighted by molar-refractivity contribution is 9.10. The van der Waals surface area contributed by atoms with Crippen molar-refractivity contribution in [3.8, 4) is 11.5 Å². The summed E-state index contributed by atoms with van der Waals surface area (Å²) in [5, 5.41) is 0.172. The first kappa shape index (κ1) is 20.8. The van der Waals surface area contributed by atoms with E-state index in [0.717, 1.165) is 41.7 Å². The van der Waals surface area contributed by atoms with Crippen molar-refractivity contribution in [2.75, 3.05) is 18.0 Å². The Bertz CT molecular complexity index is 1150. The zero-order chi connectivity index (χ0) is 21.8. The molecule has 0 amide bonds. The number of ether oxygens (including phenoxy) is 2. The number of benzene rings is 1. The molecule has 164 valence electrons. The summed E-state index contributed by atoms with van der Waals surface area (Å²) in [6.07, 6.45) is 1.51. The van der Waals surface area contributed by atoms with Gasteiger partial charge < -0.3 is 18.9 Å². The highest BCUT2D eigenvalue weighted by Crippen LogP contribution is 2.45. The minimum atomic E-state index is -3.74. The van der Waals surface area contributed by atoms with Gasteiger partial charge in [0, 0.05) is 30.5 Å². The first-order valence-electron chi connectivity index (χ1n) is 9.88. The molecule has 11 heteroatoms. The number of halogens is 3. The van der Waals surface area contributed by atoms with Crippen molar-refractivity contribution >= 4 is 43.8 Å². The van der Waals surface area contributed by atoms with E-state index < -0.39 is 17.5 Å². The standard InChI is InChI=1S/C20H19BrF2N4O3S/c1-11-14(24-9-12(21)17(11)27-7-3-2-4-8-27)10-31(28)19-25-13-5-6-15-18(16(13)26-19)30-20(22,23)29-15/h5-6,9H,2-4,7-8,10H2,1H3,(H,25,26). The van der Waals surface area contributed by atoms with Gasteiger partial charge in [-0.1, -0.05) is 0 Å². The smallest absolute Gasteiger partial charge is 0.586 e. The van der Waals surface area contributed by atoms with Crippen molar-refractivity contribution in [1.82, 2.24) is 15.0 Å². The van der Waals surface area contributed by atoms with Gasteiger partial charge in [0.1, 0.15) is 5.52 Å². The molecular formula is C20H19BrF2N4O3S. The van der Waals surface area contributed by atoms with Gasteiger partial charge >= 0.3 is 11.5 Å². The largest absolute Gasteiger partial charge is 0.609 e. The molecule has 5 rings (SSSR count). The number of piperidine rings is 1. The number of hydrogen-bond donors (Lipinski definition) is 1. The number of alkyl halides is 2. The van der Waals surface area contributed by atoms with Gasteiger partial charge in [-0.05, 0) is 59.8 Å². The summed E-state index contributed by atoms with van der Waals surface area (Å²) in [6.45, 7) is 3.94. The van der Waals surface area contributed by atoms with Crippen LogP contribution >= 0.6 is 15.9 Å². The predicted molar refractivity (Wildman–Crippen MR) is 115 cm³/mol. The lowest BCUT2D eigenvalue weighted by atomic mass is 10.1. The van der Waals surface area contributed by atoms with Crippen LogP contribution in [-0.4, -0.2) is 38.9 Å². The molecule has 0 saturated carbocycles. The van der Waals surface area contributed by atoms with E-state index in [2.05, 4.69) is 45.3 Å². The zero-order valence-electron chi connectivity index (χ0n) is 16.6. The fourth-order valence-electron chi connectivity index (χ4n) is 4.02. The molecule has 2 aliphatic heterocycles. The van der Waals surface area contributed by atoms with Gasteiger partial charge in [0.15, 0.2) is 11.5 Å². The molecule has 0 radical (unpaired) electrons. The SMILES string of the molecule is Cc1c(C[S+]([O-])c2nc3c4c(ccc3[nH]2)OC(F)(F)O4)ncc(Br)c1N1CCCCC1. The number of H-pyrrole nitrogens is 1. The van der Waals surface area contributed by atoms with Crippen molar-refractivity contribution < 1.29 is 22.8 Å². The zero-order valence-corrected chi connectivity index (χ0v) is 19.0. The molecule has 2 aromatic heterocycles. The number of nitrogens with zero attached hydrogens (tertiary/aromatic N) is 3. The van der Waals surface area contributed by atoms with Crippen molar-refractivity contribution in [3.05, 3.63) is 34.1 Å². The predicted octanol–water partition coefficient (Wildman–Crippen LogP) is 4.65. The summed E-state index contributed by atoms with van der Waals surface area (Å²) in [5.41, 5.74) is 3.36. The van der Waals surface area contributed by atoms with Crippen molar-refractivity contribution in [1.29, 1.82) is 0 Å². The van der Waals surface area contributed by atoms with Crippen LogP contribution in [0.15, 0.2) is 28.0 Å². The van der Waals surface area contributed by atoms with Crippen LogP contribution in [0.4, 0.5) is 14.5 Å². The molecule has 2 aliphatic rings. The molecule has 0 aliphatic carbocycles. The highest BCUT2D eigenvalue weighted by Gasteiger charge is 2.45. The van der Waals surface area contributed by atoms with E-state index in [1.165, 1.54) is 12.5 Å². The Morgan fingerprint density at radius 1 is 1.26 bits per heavy atom. The van der Waals surface area contributed by atoms with Gasteiger partial charge in [-0.25, -0.2) is 0 Å². The second kappa shape index (κ2) is 7.79. The number of imidazole rings is 1. The minimum Gasteiger partial charge on any atom is -0.609 e. The Morgan fingerprint density at radius 2 is 2.03 bits per heavy atom. The van der Waals surface area contributed by atoms with Crippen molar-refractivity contribution in [3.63, 3.8) is 0 Å². The molecule has 7 nitrogen and oxygen atoms in total. The maximum atomic E-state index is 13.4. The molecule has 1 atom stereocenters. The molecule has 1 aromatic carbocycles. The van der Waals surface area contributed by atoms with Crippen LogP contribution in [0.5, 0.6) is 11.5 Å². The lowest BCUT2D eigenvalue weighted by molar-refractivity contribution is -0.286. The van der Waals surface area contributed by atoms with Crippen LogP contribution in [-0.2, 0) is 16.9 Å². The minimum absolute atomic E-state index is 0.0991. The summed E-state index contributed by atoms with van der Waals surface area (Å²) in [6, 6.07) is 2.92. The normalized spacial score (nSPS) is 18.5. The summed E-state index contributed by atoms with van der Waals surface area (Å²) in [5.74, 6) is -0.111. The number of pyridine rings is 1. The summed E-state index contributed by atoms with van der Waals surface area (Å²) in [4.78, 5) is 14.0. The van der Waals surface area contributed by atoms with Crippen LogP contribution in [0.1, 0.15) is 30.5 Å². The Balaban J connectivity index is 1.43. The fourth-order valence-corrected chi connectivity index (χ4v) is 5.76. The highest BCUT2D eigenvalue weighted by atomic mass is 79.9. The average Bonchev–Trinajstić information content (AvgIpc) is 3.30. The van der Waals surface area contributed by atoms with E-state index in [9.17, 15) is 13.3 Å². The lowest BCUT2D eigenvalue weighted by Crippen LogP contribution is -2.30. The van der Waals surface area contributed by atoms with Crippen molar-refractivity contribution in [2.24, 2.45) is 0 Å². The van der Waals surface area contributed by atoms with Gasteiger partial charge in [-0.3, -0.25) is 9.97 Å². The van der Waals surface area contributed by atoms with E-state index in [1.54, 1.807) is 12.3 Å². The van der Waals surface area contributed by atoms with Crippen LogP contribution in [0.2, 0.25) is 0 Å². The molecule has 31 heavy (non-hydrogen) atoms. The number of hydrogen-bond acceptors (Lipinski definition) is 6. The second-order valence-corrected chi connectivity index (χ2v) is 9.78.